The Labute approximate surface area is 138 Å². The maximum atomic E-state index is 12.1. The molecule has 0 radical (unpaired) electrons. The molecule has 2 heterocycles. The van der Waals surface area contributed by atoms with Gasteiger partial charge in [-0.1, -0.05) is 0 Å². The van der Waals surface area contributed by atoms with Crippen LogP contribution in [0.2, 0.25) is 0 Å². The predicted molar refractivity (Wildman–Crippen MR) is 85.0 cm³/mol. The number of H-pyrrole nitrogens is 1. The minimum atomic E-state index is -0.496. The van der Waals surface area contributed by atoms with E-state index in [1.165, 1.54) is 0 Å². The van der Waals surface area contributed by atoms with Crippen LogP contribution in [0.3, 0.4) is 0 Å². The van der Waals surface area contributed by atoms with Crippen molar-refractivity contribution in [3.05, 3.63) is 30.2 Å². The highest BCUT2D eigenvalue weighted by molar-refractivity contribution is 5.93. The third-order valence-corrected chi connectivity index (χ3v) is 4.30. The van der Waals surface area contributed by atoms with Crippen LogP contribution in [0, 0.1) is 5.41 Å². The molecule has 0 unspecified atom stereocenters. The Kier molecular flexibility index (Phi) is 4.66. The summed E-state index contributed by atoms with van der Waals surface area (Å²) in [6, 6.07) is 5.19. The van der Waals surface area contributed by atoms with Gasteiger partial charge in [-0.15, -0.1) is 0 Å². The highest BCUT2D eigenvalue weighted by Crippen LogP contribution is 2.47. The van der Waals surface area contributed by atoms with E-state index in [-0.39, 0.29) is 17.2 Å². The molecule has 2 aromatic heterocycles. The highest BCUT2D eigenvalue weighted by atomic mass is 16.3. The second kappa shape index (κ2) is 6.88. The van der Waals surface area contributed by atoms with Gasteiger partial charge >= 0.3 is 0 Å². The fourth-order valence-electron chi connectivity index (χ4n) is 2.56. The first-order valence-corrected chi connectivity index (χ1v) is 7.87. The van der Waals surface area contributed by atoms with E-state index in [0.717, 1.165) is 19.3 Å². The van der Waals surface area contributed by atoms with E-state index in [9.17, 15) is 9.59 Å². The van der Waals surface area contributed by atoms with Gasteiger partial charge in [-0.2, -0.15) is 5.10 Å². The minimum absolute atomic E-state index is 0.0447. The average Bonchev–Trinajstić information content (AvgIpc) is 3.00. The summed E-state index contributed by atoms with van der Waals surface area (Å²) in [6.45, 7) is 0.550. The first-order chi connectivity index (χ1) is 11.6. The highest BCUT2D eigenvalue weighted by Gasteiger charge is 2.42. The van der Waals surface area contributed by atoms with E-state index in [1.54, 1.807) is 24.5 Å². The second-order valence-electron chi connectivity index (χ2n) is 6.08. The largest absolute Gasteiger partial charge is 0.463 e. The summed E-state index contributed by atoms with van der Waals surface area (Å²) in [6.07, 6.45) is 4.36. The lowest BCUT2D eigenvalue weighted by atomic mass is 10.0. The van der Waals surface area contributed by atoms with Gasteiger partial charge in [-0.3, -0.25) is 14.7 Å². The second-order valence-corrected chi connectivity index (χ2v) is 6.08. The van der Waals surface area contributed by atoms with Gasteiger partial charge in [0.25, 0.3) is 5.91 Å². The molecular formula is C16H20N4O4. The van der Waals surface area contributed by atoms with Crippen molar-refractivity contribution in [2.75, 3.05) is 19.7 Å². The molecule has 2 aromatic rings. The van der Waals surface area contributed by atoms with Crippen molar-refractivity contribution in [2.45, 2.75) is 19.3 Å². The molecule has 128 valence electrons. The van der Waals surface area contributed by atoms with Crippen LogP contribution in [-0.2, 0) is 4.79 Å². The Morgan fingerprint density at radius 2 is 2.21 bits per heavy atom. The number of nitrogens with zero attached hydrogens (tertiary/aromatic N) is 1. The monoisotopic (exact) mass is 332 g/mol. The topological polar surface area (TPSA) is 120 Å². The Morgan fingerprint density at radius 3 is 2.88 bits per heavy atom. The lowest BCUT2D eigenvalue weighted by Gasteiger charge is -2.15. The van der Waals surface area contributed by atoms with Crippen LogP contribution in [0.15, 0.2) is 28.9 Å². The van der Waals surface area contributed by atoms with Crippen molar-refractivity contribution in [2.24, 2.45) is 5.41 Å². The Morgan fingerprint density at radius 1 is 1.38 bits per heavy atom. The zero-order chi connectivity index (χ0) is 17.0. The quantitative estimate of drug-likeness (QED) is 0.566. The fourth-order valence-corrected chi connectivity index (χ4v) is 2.56. The number of aliphatic hydroxyl groups excluding tert-OH is 1. The third kappa shape index (κ3) is 3.83. The van der Waals surface area contributed by atoms with Gasteiger partial charge in [0.1, 0.15) is 12.3 Å². The van der Waals surface area contributed by atoms with Crippen LogP contribution >= 0.6 is 0 Å². The van der Waals surface area contributed by atoms with Gasteiger partial charge in [0, 0.05) is 19.2 Å². The SMILES string of the molecule is O=C(CO)NCC1(CCNC(=O)c2cc(-c3ccco3)[nH]n2)CC1. The van der Waals surface area contributed by atoms with Crippen molar-refractivity contribution in [1.82, 2.24) is 20.8 Å². The van der Waals surface area contributed by atoms with E-state index in [4.69, 9.17) is 9.52 Å². The van der Waals surface area contributed by atoms with Crippen LogP contribution in [0.25, 0.3) is 11.5 Å². The zero-order valence-electron chi connectivity index (χ0n) is 13.2. The van der Waals surface area contributed by atoms with Crippen molar-refractivity contribution in [3.63, 3.8) is 0 Å². The number of hydrogen-bond acceptors (Lipinski definition) is 5. The van der Waals surface area contributed by atoms with E-state index in [2.05, 4.69) is 20.8 Å². The molecule has 0 bridgehead atoms. The zero-order valence-corrected chi connectivity index (χ0v) is 13.2. The molecule has 8 nitrogen and oxygen atoms in total. The fraction of sp³-hybridized carbons (Fsp3) is 0.438. The number of aromatic amines is 1. The minimum Gasteiger partial charge on any atom is -0.463 e. The average molecular weight is 332 g/mol. The van der Waals surface area contributed by atoms with Crippen LogP contribution < -0.4 is 10.6 Å². The number of amides is 2. The number of aliphatic hydroxyl groups is 1. The van der Waals surface area contributed by atoms with Crippen LogP contribution in [0.1, 0.15) is 29.8 Å². The molecule has 1 saturated carbocycles. The maximum Gasteiger partial charge on any atom is 0.271 e. The van der Waals surface area contributed by atoms with Gasteiger partial charge in [0.15, 0.2) is 11.5 Å². The first-order valence-electron chi connectivity index (χ1n) is 7.87. The van der Waals surface area contributed by atoms with Crippen LogP contribution in [0.4, 0.5) is 0 Å². The van der Waals surface area contributed by atoms with Gasteiger partial charge < -0.3 is 20.2 Å². The molecular weight excluding hydrogens is 312 g/mol. The normalized spacial score (nSPS) is 15.0. The molecule has 0 aliphatic heterocycles. The maximum absolute atomic E-state index is 12.1. The first kappa shape index (κ1) is 16.3. The van der Waals surface area contributed by atoms with E-state index in [0.29, 0.717) is 30.2 Å². The van der Waals surface area contributed by atoms with Gasteiger partial charge in [0.2, 0.25) is 5.91 Å². The summed E-state index contributed by atoms with van der Waals surface area (Å²) in [5.41, 5.74) is 0.999. The van der Waals surface area contributed by atoms with Crippen molar-refractivity contribution in [1.29, 1.82) is 0 Å². The number of nitrogens with one attached hydrogen (secondary N) is 3. The number of furan rings is 1. The van der Waals surface area contributed by atoms with Crippen LogP contribution in [-0.4, -0.2) is 46.8 Å². The standard InChI is InChI=1S/C16H20N4O4/c21-9-14(22)18-10-16(3-4-16)5-6-17-15(23)12-8-11(19-20-12)13-2-1-7-24-13/h1-2,7-8,21H,3-6,9-10H2,(H,17,23)(H,18,22)(H,19,20). The molecule has 24 heavy (non-hydrogen) atoms. The number of carbonyl (C=O) groups is 2. The van der Waals surface area contributed by atoms with Crippen molar-refractivity contribution in [3.8, 4) is 11.5 Å². The van der Waals surface area contributed by atoms with E-state index in [1.807, 2.05) is 0 Å². The molecule has 0 aromatic carbocycles. The molecule has 1 aliphatic rings. The number of aromatic nitrogens is 2. The number of carbonyl (C=O) groups excluding carboxylic acids is 2. The summed E-state index contributed by atoms with van der Waals surface area (Å²) in [5.74, 6) is 0.00430. The molecule has 4 N–H and O–H groups in total. The van der Waals surface area contributed by atoms with Crippen LogP contribution in [0.5, 0.6) is 0 Å². The third-order valence-electron chi connectivity index (χ3n) is 4.30. The molecule has 3 rings (SSSR count). The Balaban J connectivity index is 1.45. The summed E-state index contributed by atoms with van der Waals surface area (Å²) in [7, 11) is 0. The summed E-state index contributed by atoms with van der Waals surface area (Å²) in [4.78, 5) is 23.2. The van der Waals surface area contributed by atoms with E-state index >= 15 is 0 Å². The molecule has 0 spiro atoms. The number of hydrogen-bond donors (Lipinski definition) is 4. The predicted octanol–water partition coefficient (Wildman–Crippen LogP) is 0.678. The molecule has 0 saturated heterocycles. The molecule has 1 aliphatic carbocycles. The van der Waals surface area contributed by atoms with Gasteiger partial charge in [-0.25, -0.2) is 0 Å². The van der Waals surface area contributed by atoms with Gasteiger partial charge in [0.05, 0.1) is 6.26 Å². The van der Waals surface area contributed by atoms with Crippen molar-refractivity contribution < 1.29 is 19.1 Å². The molecule has 8 heteroatoms. The summed E-state index contributed by atoms with van der Waals surface area (Å²) < 4.78 is 5.25. The molecule has 2 amide bonds. The lowest BCUT2D eigenvalue weighted by molar-refractivity contribution is -0.124. The number of rotatable bonds is 8. The molecule has 1 fully saturated rings. The summed E-state index contributed by atoms with van der Waals surface area (Å²) >= 11 is 0. The van der Waals surface area contributed by atoms with Gasteiger partial charge in [-0.05, 0) is 36.8 Å². The van der Waals surface area contributed by atoms with E-state index < -0.39 is 6.61 Å². The van der Waals surface area contributed by atoms with Crippen molar-refractivity contribution >= 4 is 11.8 Å². The smallest absolute Gasteiger partial charge is 0.271 e. The molecule has 0 atom stereocenters. The lowest BCUT2D eigenvalue weighted by Crippen LogP contribution is -2.34. The Bertz CT molecular complexity index is 703. The summed E-state index contributed by atoms with van der Waals surface area (Å²) in [5, 5.41) is 21.0. The Hall–Kier alpha value is -2.61.